The van der Waals surface area contributed by atoms with Gasteiger partial charge in [0.2, 0.25) is 11.8 Å². The maximum Gasteiger partial charge on any atom is 0.264 e. The Morgan fingerprint density at radius 2 is 2.04 bits per heavy atom. The van der Waals surface area contributed by atoms with Crippen molar-refractivity contribution in [2.75, 3.05) is 13.1 Å². The van der Waals surface area contributed by atoms with Gasteiger partial charge in [-0.15, -0.1) is 0 Å². The summed E-state index contributed by atoms with van der Waals surface area (Å²) in [5.74, 6) is -2.54. The van der Waals surface area contributed by atoms with E-state index in [-0.39, 0.29) is 10.3 Å². The van der Waals surface area contributed by atoms with Crippen molar-refractivity contribution in [3.05, 3.63) is 50.5 Å². The van der Waals surface area contributed by atoms with Gasteiger partial charge in [-0.3, -0.25) is 24.1 Å². The quantitative estimate of drug-likeness (QED) is 0.446. The molecule has 0 unspecified atom stereocenters. The summed E-state index contributed by atoms with van der Waals surface area (Å²) in [4.78, 5) is 39.8. The van der Waals surface area contributed by atoms with E-state index in [0.717, 1.165) is 11.8 Å². The molecular weight excluding hydrogens is 360 g/mol. The van der Waals surface area contributed by atoms with Gasteiger partial charge in [0, 0.05) is 6.21 Å². The van der Waals surface area contributed by atoms with E-state index in [1.165, 1.54) is 4.57 Å². The molecule has 9 nitrogen and oxygen atoms in total. The van der Waals surface area contributed by atoms with Crippen molar-refractivity contribution in [1.29, 1.82) is 0 Å². The van der Waals surface area contributed by atoms with Crippen LogP contribution in [0.5, 0.6) is 5.88 Å². The van der Waals surface area contributed by atoms with E-state index >= 15 is 0 Å². The number of nitrogens with zero attached hydrogens (tertiary/aromatic N) is 2. The van der Waals surface area contributed by atoms with Gasteiger partial charge < -0.3 is 20.3 Å². The van der Waals surface area contributed by atoms with Gasteiger partial charge in [0.05, 0.1) is 18.2 Å². The van der Waals surface area contributed by atoms with Crippen molar-refractivity contribution in [3.8, 4) is 11.6 Å². The molecule has 0 saturated carbocycles. The summed E-state index contributed by atoms with van der Waals surface area (Å²) in [6.07, 6.45) is 1.02. The van der Waals surface area contributed by atoms with Gasteiger partial charge in [0.25, 0.3) is 5.56 Å². The topological polar surface area (TPSA) is 140 Å². The number of benzene rings is 1. The van der Waals surface area contributed by atoms with Crippen LogP contribution in [0.3, 0.4) is 0 Å². The first-order chi connectivity index (χ1) is 12.3. The minimum Gasteiger partial charge on any atom is -0.548 e. The predicted molar refractivity (Wildman–Crippen MR) is 94.1 cm³/mol. The molecule has 0 aliphatic rings. The summed E-state index contributed by atoms with van der Waals surface area (Å²) in [5, 5.41) is 22.7. The van der Waals surface area contributed by atoms with E-state index in [1.807, 2.05) is 19.1 Å². The Bertz CT molecular complexity index is 976. The van der Waals surface area contributed by atoms with Crippen LogP contribution < -0.4 is 16.0 Å². The Morgan fingerprint density at radius 1 is 1.38 bits per heavy atom. The Kier molecular flexibility index (Phi) is 6.02. The zero-order valence-electron chi connectivity index (χ0n) is 13.7. The second-order valence-corrected chi connectivity index (χ2v) is 5.67. The maximum absolute atomic E-state index is 12.0. The zero-order valence-corrected chi connectivity index (χ0v) is 14.5. The van der Waals surface area contributed by atoms with Gasteiger partial charge in [0.1, 0.15) is 12.1 Å². The Labute approximate surface area is 152 Å². The van der Waals surface area contributed by atoms with Crippen LogP contribution in [0.25, 0.3) is 5.69 Å². The molecule has 0 radical (unpaired) electrons. The standard InChI is InChI=1S/C16H16N4O5S/c1-9-2-4-10(5-3-9)20-15(25)11(14(24)19-16(20)26)6-17-7-12(21)18-8-13(22)23/h2-6,25H,7-8H2,1H3,(H,18,21)(H,22,23)(H,19,24,26)/p-1. The lowest BCUT2D eigenvalue weighted by Crippen LogP contribution is -2.38. The molecule has 26 heavy (non-hydrogen) atoms. The molecule has 1 aromatic heterocycles. The number of aryl methyl sites for hydroxylation is 1. The molecule has 1 aromatic carbocycles. The third-order valence-corrected chi connectivity index (χ3v) is 3.58. The minimum atomic E-state index is -1.43. The van der Waals surface area contributed by atoms with Crippen molar-refractivity contribution in [2.24, 2.45) is 4.99 Å². The smallest absolute Gasteiger partial charge is 0.264 e. The molecule has 0 fully saturated rings. The first-order valence-corrected chi connectivity index (χ1v) is 7.82. The highest BCUT2D eigenvalue weighted by molar-refractivity contribution is 7.71. The highest BCUT2D eigenvalue weighted by atomic mass is 32.1. The normalized spacial score (nSPS) is 10.8. The van der Waals surface area contributed by atoms with Crippen LogP contribution in [0.15, 0.2) is 34.1 Å². The van der Waals surface area contributed by atoms with E-state index in [0.29, 0.717) is 5.69 Å². The molecular formula is C16H15N4O5S-. The van der Waals surface area contributed by atoms with Crippen LogP contribution in [0.4, 0.5) is 0 Å². The first kappa shape index (κ1) is 19.1. The van der Waals surface area contributed by atoms with Crippen LogP contribution in [0.2, 0.25) is 0 Å². The Morgan fingerprint density at radius 3 is 2.65 bits per heavy atom. The van der Waals surface area contributed by atoms with Crippen LogP contribution in [0, 0.1) is 11.7 Å². The minimum absolute atomic E-state index is 0.000189. The third kappa shape index (κ3) is 4.63. The molecule has 0 atom stereocenters. The molecule has 2 rings (SSSR count). The molecule has 0 bridgehead atoms. The van der Waals surface area contributed by atoms with Crippen molar-refractivity contribution in [2.45, 2.75) is 6.92 Å². The van der Waals surface area contributed by atoms with Crippen LogP contribution in [-0.2, 0) is 9.59 Å². The van der Waals surface area contributed by atoms with Crippen molar-refractivity contribution in [1.82, 2.24) is 14.9 Å². The van der Waals surface area contributed by atoms with E-state index in [9.17, 15) is 24.6 Å². The second kappa shape index (κ2) is 8.21. The van der Waals surface area contributed by atoms with Gasteiger partial charge in [-0.1, -0.05) is 17.7 Å². The molecule has 10 heteroatoms. The highest BCUT2D eigenvalue weighted by Crippen LogP contribution is 2.18. The van der Waals surface area contributed by atoms with E-state index in [1.54, 1.807) is 12.1 Å². The maximum atomic E-state index is 12.0. The zero-order chi connectivity index (χ0) is 19.3. The fraction of sp³-hybridized carbons (Fsp3) is 0.188. The third-order valence-electron chi connectivity index (χ3n) is 3.30. The Balaban J connectivity index is 2.31. The number of aromatic nitrogens is 2. The fourth-order valence-electron chi connectivity index (χ4n) is 2.03. The van der Waals surface area contributed by atoms with Crippen LogP contribution >= 0.6 is 12.2 Å². The second-order valence-electron chi connectivity index (χ2n) is 5.29. The summed E-state index contributed by atoms with van der Waals surface area (Å²) in [7, 11) is 0. The van der Waals surface area contributed by atoms with Crippen molar-refractivity contribution in [3.63, 3.8) is 0 Å². The number of nitrogens with one attached hydrogen (secondary N) is 2. The number of aromatic hydroxyl groups is 1. The summed E-state index contributed by atoms with van der Waals surface area (Å²) in [5.41, 5.74) is 0.686. The predicted octanol–water partition coefficient (Wildman–Crippen LogP) is -0.806. The summed E-state index contributed by atoms with van der Waals surface area (Å²) in [6.45, 7) is 0.837. The molecule has 0 saturated heterocycles. The SMILES string of the molecule is Cc1ccc(-n2c(O)c(C=NCC(=O)NCC(=O)[O-])c(=O)[nH]c2=S)cc1. The number of aromatic amines is 1. The lowest BCUT2D eigenvalue weighted by Gasteiger charge is -2.11. The van der Waals surface area contributed by atoms with Crippen LogP contribution in [-0.4, -0.2) is 45.8 Å². The largest absolute Gasteiger partial charge is 0.548 e. The number of rotatable bonds is 6. The van der Waals surface area contributed by atoms with Crippen molar-refractivity contribution < 1.29 is 19.8 Å². The lowest BCUT2D eigenvalue weighted by molar-refractivity contribution is -0.304. The van der Waals surface area contributed by atoms with E-state index in [2.05, 4.69) is 15.3 Å². The summed E-state index contributed by atoms with van der Waals surface area (Å²) < 4.78 is 1.26. The number of carbonyl (C=O) groups is 2. The average Bonchev–Trinajstić information content (AvgIpc) is 2.57. The number of carboxylic acids is 1. The highest BCUT2D eigenvalue weighted by Gasteiger charge is 2.12. The van der Waals surface area contributed by atoms with Gasteiger partial charge in [0.15, 0.2) is 4.77 Å². The van der Waals surface area contributed by atoms with Gasteiger partial charge >= 0.3 is 0 Å². The molecule has 2 aromatic rings. The number of carbonyl (C=O) groups excluding carboxylic acids is 2. The number of hydrogen-bond acceptors (Lipinski definition) is 7. The van der Waals surface area contributed by atoms with Crippen LogP contribution in [0.1, 0.15) is 11.1 Å². The van der Waals surface area contributed by atoms with Gasteiger partial charge in [-0.2, -0.15) is 0 Å². The lowest BCUT2D eigenvalue weighted by atomic mass is 10.2. The molecule has 0 aliphatic heterocycles. The van der Waals surface area contributed by atoms with E-state index < -0.39 is 36.4 Å². The monoisotopic (exact) mass is 375 g/mol. The van der Waals surface area contributed by atoms with Gasteiger partial charge in [-0.05, 0) is 31.3 Å². The number of hydrogen-bond donors (Lipinski definition) is 3. The number of carboxylic acid groups (broad SMARTS) is 1. The van der Waals surface area contributed by atoms with E-state index in [4.69, 9.17) is 12.2 Å². The number of H-pyrrole nitrogens is 1. The fourth-order valence-corrected chi connectivity index (χ4v) is 2.32. The summed E-state index contributed by atoms with van der Waals surface area (Å²) in [6, 6.07) is 7.07. The van der Waals surface area contributed by atoms with Gasteiger partial charge in [-0.25, -0.2) is 0 Å². The molecule has 1 heterocycles. The number of amides is 1. The molecule has 0 spiro atoms. The molecule has 3 N–H and O–H groups in total. The Hall–Kier alpha value is -3.27. The number of aliphatic carboxylic acids is 1. The average molecular weight is 375 g/mol. The molecule has 136 valence electrons. The first-order valence-electron chi connectivity index (χ1n) is 7.41. The summed E-state index contributed by atoms with van der Waals surface area (Å²) >= 11 is 5.09. The number of aliphatic imine (C=N–C) groups is 1. The molecule has 1 amide bonds. The molecule has 0 aliphatic carbocycles. The van der Waals surface area contributed by atoms with Crippen molar-refractivity contribution >= 4 is 30.3 Å².